The van der Waals surface area contributed by atoms with Gasteiger partial charge >= 0.3 is 5.97 Å². The first-order valence-electron chi connectivity index (χ1n) is 13.0. The van der Waals surface area contributed by atoms with E-state index in [0.29, 0.717) is 42.1 Å². The van der Waals surface area contributed by atoms with Gasteiger partial charge in [-0.05, 0) is 65.3 Å². The number of pyridine rings is 1. The number of thioether (sulfide) groups is 1. The number of amides is 1. The second-order valence-electron chi connectivity index (χ2n) is 9.54. The van der Waals surface area contributed by atoms with Gasteiger partial charge in [-0.3, -0.25) is 9.78 Å². The monoisotopic (exact) mass is 557 g/mol. The zero-order valence-electron chi connectivity index (χ0n) is 22.5. The van der Waals surface area contributed by atoms with Crippen LogP contribution in [0.15, 0.2) is 91.3 Å². The minimum atomic E-state index is -1.06. The van der Waals surface area contributed by atoms with Crippen LogP contribution in [0.2, 0.25) is 0 Å². The molecular formula is C32H32FN3O3S. The fraction of sp³-hybridized carbons (Fsp3) is 0.219. The van der Waals surface area contributed by atoms with Gasteiger partial charge in [-0.1, -0.05) is 60.7 Å². The number of carboxylic acids is 1. The second kappa shape index (κ2) is 13.8. The molecule has 1 aromatic heterocycles. The quantitative estimate of drug-likeness (QED) is 0.212. The minimum absolute atomic E-state index is 0.330. The predicted octanol–water partition coefficient (Wildman–Crippen LogP) is 6.34. The Labute approximate surface area is 238 Å². The lowest BCUT2D eigenvalue weighted by Gasteiger charge is -2.26. The Hall–Kier alpha value is -4.17. The van der Waals surface area contributed by atoms with Crippen molar-refractivity contribution >= 4 is 29.3 Å². The van der Waals surface area contributed by atoms with Gasteiger partial charge in [0.15, 0.2) is 0 Å². The Morgan fingerprint density at radius 1 is 0.950 bits per heavy atom. The number of aryl methyl sites for hydroxylation is 1. The van der Waals surface area contributed by atoms with Gasteiger partial charge in [0.1, 0.15) is 11.9 Å². The molecule has 8 heteroatoms. The van der Waals surface area contributed by atoms with Crippen LogP contribution in [0.5, 0.6) is 0 Å². The van der Waals surface area contributed by atoms with Gasteiger partial charge in [0.25, 0.3) is 5.91 Å². The second-order valence-corrected chi connectivity index (χ2v) is 10.5. The highest BCUT2D eigenvalue weighted by Crippen LogP contribution is 2.30. The molecule has 0 fully saturated rings. The number of hydrogen-bond acceptors (Lipinski definition) is 5. The Bertz CT molecular complexity index is 1460. The number of carbonyl (C=O) groups excluding carboxylic acids is 1. The molecule has 3 aromatic carbocycles. The van der Waals surface area contributed by atoms with Crippen molar-refractivity contribution in [2.75, 3.05) is 16.9 Å². The van der Waals surface area contributed by atoms with Crippen LogP contribution in [-0.2, 0) is 17.9 Å². The summed E-state index contributed by atoms with van der Waals surface area (Å²) in [6.07, 6.45) is 5.04. The molecule has 0 aliphatic carbocycles. The van der Waals surface area contributed by atoms with Crippen molar-refractivity contribution in [1.82, 2.24) is 10.3 Å². The van der Waals surface area contributed by atoms with Gasteiger partial charge in [0.2, 0.25) is 0 Å². The molecule has 40 heavy (non-hydrogen) atoms. The lowest BCUT2D eigenvalue weighted by molar-refractivity contribution is -0.139. The fourth-order valence-corrected chi connectivity index (χ4v) is 5.02. The van der Waals surface area contributed by atoms with E-state index >= 15 is 0 Å². The van der Waals surface area contributed by atoms with Gasteiger partial charge in [-0.2, -0.15) is 11.8 Å². The summed E-state index contributed by atoms with van der Waals surface area (Å²) in [6.45, 7) is 2.94. The maximum absolute atomic E-state index is 14.1. The SMILES string of the molecule is CSCC[C@H](NC(=O)c1ccc(CN(Cc2ccccc2)c2cncc(F)c2)cc1-c1ccccc1C)C(=O)O. The third kappa shape index (κ3) is 7.48. The summed E-state index contributed by atoms with van der Waals surface area (Å²) in [6, 6.07) is 23.7. The molecule has 4 rings (SSSR count). The Balaban J connectivity index is 1.72. The smallest absolute Gasteiger partial charge is 0.326 e. The van der Waals surface area contributed by atoms with Crippen molar-refractivity contribution in [3.8, 4) is 11.1 Å². The summed E-state index contributed by atoms with van der Waals surface area (Å²) in [7, 11) is 0. The number of nitrogens with one attached hydrogen (secondary N) is 1. The van der Waals surface area contributed by atoms with E-state index in [2.05, 4.69) is 10.3 Å². The van der Waals surface area contributed by atoms with Crippen LogP contribution in [0.25, 0.3) is 11.1 Å². The van der Waals surface area contributed by atoms with Gasteiger partial charge < -0.3 is 15.3 Å². The van der Waals surface area contributed by atoms with Gasteiger partial charge in [-0.25, -0.2) is 9.18 Å². The highest BCUT2D eigenvalue weighted by atomic mass is 32.2. The summed E-state index contributed by atoms with van der Waals surface area (Å²) >= 11 is 1.53. The molecule has 1 atom stereocenters. The number of carbonyl (C=O) groups is 2. The topological polar surface area (TPSA) is 82.5 Å². The molecular weight excluding hydrogens is 525 g/mol. The van der Waals surface area contributed by atoms with E-state index in [1.54, 1.807) is 12.3 Å². The first-order valence-corrected chi connectivity index (χ1v) is 14.4. The zero-order valence-corrected chi connectivity index (χ0v) is 23.3. The molecule has 206 valence electrons. The first kappa shape index (κ1) is 28.8. The number of anilines is 1. The molecule has 0 aliphatic heterocycles. The Kier molecular flexibility index (Phi) is 9.91. The van der Waals surface area contributed by atoms with Crippen LogP contribution in [0.4, 0.5) is 10.1 Å². The Morgan fingerprint density at radius 2 is 1.68 bits per heavy atom. The van der Waals surface area contributed by atoms with Crippen molar-refractivity contribution in [3.05, 3.63) is 119 Å². The first-order chi connectivity index (χ1) is 19.4. The number of aliphatic carboxylic acids is 1. The van der Waals surface area contributed by atoms with Crippen molar-refractivity contribution in [3.63, 3.8) is 0 Å². The molecule has 0 saturated heterocycles. The Morgan fingerprint density at radius 3 is 2.38 bits per heavy atom. The molecule has 0 saturated carbocycles. The molecule has 0 spiro atoms. The van der Waals surface area contributed by atoms with Crippen molar-refractivity contribution in [2.45, 2.75) is 32.5 Å². The molecule has 0 bridgehead atoms. The number of carboxylic acid groups (broad SMARTS) is 1. The van der Waals surface area contributed by atoms with E-state index in [9.17, 15) is 19.1 Å². The average Bonchev–Trinajstić information content (AvgIpc) is 2.95. The summed E-state index contributed by atoms with van der Waals surface area (Å²) in [5, 5.41) is 12.4. The zero-order chi connectivity index (χ0) is 28.5. The van der Waals surface area contributed by atoms with E-state index < -0.39 is 23.7 Å². The highest BCUT2D eigenvalue weighted by molar-refractivity contribution is 7.98. The maximum atomic E-state index is 14.1. The summed E-state index contributed by atoms with van der Waals surface area (Å²) < 4.78 is 14.1. The van der Waals surface area contributed by atoms with Crippen LogP contribution >= 0.6 is 11.8 Å². The third-order valence-corrected chi connectivity index (χ3v) is 7.27. The number of aromatic nitrogens is 1. The highest BCUT2D eigenvalue weighted by Gasteiger charge is 2.23. The standard InChI is InChI=1S/C32H32FN3O3S/c1-22-8-6-7-11-27(22)29-16-24(12-13-28(29)31(37)35-30(32(38)39)14-15-40-2)21-36(20-23-9-4-3-5-10-23)26-17-25(33)18-34-19-26/h3-13,16-19,30H,14-15,20-21H2,1-2H3,(H,35,37)(H,38,39)/t30-/m0/s1. The third-order valence-electron chi connectivity index (χ3n) is 6.62. The van der Waals surface area contributed by atoms with Crippen LogP contribution in [0, 0.1) is 12.7 Å². The number of halogens is 1. The minimum Gasteiger partial charge on any atom is -0.480 e. The van der Waals surface area contributed by atoms with Crippen LogP contribution in [-0.4, -0.2) is 40.0 Å². The molecule has 1 amide bonds. The number of hydrogen-bond donors (Lipinski definition) is 2. The van der Waals surface area contributed by atoms with Crippen LogP contribution in [0.3, 0.4) is 0 Å². The van der Waals surface area contributed by atoms with Gasteiger partial charge in [0.05, 0.1) is 18.1 Å². The van der Waals surface area contributed by atoms with Crippen molar-refractivity contribution < 1.29 is 19.1 Å². The molecule has 6 nitrogen and oxygen atoms in total. The fourth-order valence-electron chi connectivity index (χ4n) is 4.55. The average molecular weight is 558 g/mol. The lowest BCUT2D eigenvalue weighted by Crippen LogP contribution is -2.41. The molecule has 0 unspecified atom stereocenters. The van der Waals surface area contributed by atoms with Crippen LogP contribution in [0.1, 0.15) is 33.5 Å². The van der Waals surface area contributed by atoms with E-state index in [4.69, 9.17) is 0 Å². The van der Waals surface area contributed by atoms with E-state index in [1.165, 1.54) is 24.0 Å². The summed E-state index contributed by atoms with van der Waals surface area (Å²) in [5.41, 5.74) is 5.59. The van der Waals surface area contributed by atoms with Crippen LogP contribution < -0.4 is 10.2 Å². The maximum Gasteiger partial charge on any atom is 0.326 e. The van der Waals surface area contributed by atoms with E-state index in [1.807, 2.05) is 84.8 Å². The molecule has 0 aliphatic rings. The van der Waals surface area contributed by atoms with Crippen molar-refractivity contribution in [1.29, 1.82) is 0 Å². The largest absolute Gasteiger partial charge is 0.480 e. The number of benzene rings is 3. The van der Waals surface area contributed by atoms with Crippen molar-refractivity contribution in [2.24, 2.45) is 0 Å². The predicted molar refractivity (Wildman–Crippen MR) is 159 cm³/mol. The lowest BCUT2D eigenvalue weighted by atomic mass is 9.93. The molecule has 2 N–H and O–H groups in total. The molecule has 0 radical (unpaired) electrons. The molecule has 1 heterocycles. The number of rotatable bonds is 12. The number of nitrogens with zero attached hydrogens (tertiary/aromatic N) is 2. The molecule has 4 aromatic rings. The van der Waals surface area contributed by atoms with E-state index in [-0.39, 0.29) is 0 Å². The summed E-state index contributed by atoms with van der Waals surface area (Å²) in [4.78, 5) is 31.3. The van der Waals surface area contributed by atoms with Gasteiger partial charge in [-0.15, -0.1) is 0 Å². The van der Waals surface area contributed by atoms with Gasteiger partial charge in [0, 0.05) is 24.7 Å². The normalized spacial score (nSPS) is 11.6. The summed E-state index contributed by atoms with van der Waals surface area (Å²) in [5.74, 6) is -1.30. The van der Waals surface area contributed by atoms with E-state index in [0.717, 1.165) is 22.3 Å².